The first kappa shape index (κ1) is 79.1. The topological polar surface area (TPSA) is 95.9 Å². The van der Waals surface area contributed by atoms with Crippen molar-refractivity contribution < 1.29 is 24.5 Å². The lowest BCUT2D eigenvalue weighted by molar-refractivity contribution is -0.143. The predicted molar refractivity (Wildman–Crippen MR) is 356 cm³/mol. The summed E-state index contributed by atoms with van der Waals surface area (Å²) >= 11 is 0. The fourth-order valence-electron chi connectivity index (χ4n) is 11.6. The molecule has 6 heteroatoms. The lowest BCUT2D eigenvalue weighted by Crippen LogP contribution is -2.45. The summed E-state index contributed by atoms with van der Waals surface area (Å²) in [5.41, 5.74) is 0. The van der Waals surface area contributed by atoms with Gasteiger partial charge in [0.2, 0.25) is 5.91 Å². The van der Waals surface area contributed by atoms with Crippen molar-refractivity contribution in [2.24, 2.45) is 0 Å². The molecule has 0 saturated heterocycles. The van der Waals surface area contributed by atoms with Crippen LogP contribution in [0.25, 0.3) is 0 Å². The Balaban J connectivity index is 3.37. The van der Waals surface area contributed by atoms with Crippen molar-refractivity contribution in [2.45, 2.75) is 418 Å². The molecule has 0 spiro atoms. The van der Waals surface area contributed by atoms with E-state index in [0.717, 1.165) is 51.4 Å². The van der Waals surface area contributed by atoms with Crippen LogP contribution in [0.4, 0.5) is 0 Å². The van der Waals surface area contributed by atoms with Gasteiger partial charge in [0.05, 0.1) is 25.4 Å². The number of allylic oxidation sites excluding steroid dienone is 5. The monoisotopic (exact) mass is 1140 g/mol. The molecule has 0 rings (SSSR count). The molecule has 81 heavy (non-hydrogen) atoms. The van der Waals surface area contributed by atoms with E-state index in [4.69, 9.17) is 4.74 Å². The Morgan fingerprint density at radius 2 is 0.617 bits per heavy atom. The van der Waals surface area contributed by atoms with E-state index >= 15 is 0 Å². The van der Waals surface area contributed by atoms with Gasteiger partial charge in [-0.2, -0.15) is 0 Å². The van der Waals surface area contributed by atoms with E-state index < -0.39 is 12.1 Å². The van der Waals surface area contributed by atoms with Crippen molar-refractivity contribution in [1.29, 1.82) is 0 Å². The Morgan fingerprint density at radius 1 is 0.346 bits per heavy atom. The SMILES string of the molecule is CCCCC/C=C\C/C=C\CCCCCCCC(=O)OCCCCCCCCCCCCCCCCCCCCCCCCCCCCCCCC(=O)NC(CO)C(O)/C=C/CCCCCCCCCCCCCCCCCCCC. The normalized spacial score (nSPS) is 12.7. The Labute approximate surface area is 506 Å². The van der Waals surface area contributed by atoms with Crippen molar-refractivity contribution in [3.05, 3.63) is 36.5 Å². The molecular weight excluding hydrogens is 995 g/mol. The third kappa shape index (κ3) is 67.1. The van der Waals surface area contributed by atoms with Crippen LogP contribution >= 0.6 is 0 Å². The summed E-state index contributed by atoms with van der Waals surface area (Å²) in [7, 11) is 0. The van der Waals surface area contributed by atoms with Gasteiger partial charge in [0.25, 0.3) is 0 Å². The van der Waals surface area contributed by atoms with Crippen LogP contribution in [-0.2, 0) is 14.3 Å². The molecule has 0 saturated carbocycles. The molecule has 0 aliphatic carbocycles. The fraction of sp³-hybridized carbons (Fsp3) is 0.893. The first-order valence-electron chi connectivity index (χ1n) is 36.8. The number of esters is 1. The Kier molecular flexibility index (Phi) is 68.9. The largest absolute Gasteiger partial charge is 0.466 e. The van der Waals surface area contributed by atoms with Crippen LogP contribution in [0.1, 0.15) is 406 Å². The minimum atomic E-state index is -0.843. The molecule has 478 valence electrons. The Morgan fingerprint density at radius 3 is 0.963 bits per heavy atom. The number of amides is 1. The molecule has 0 aliphatic heterocycles. The van der Waals surface area contributed by atoms with Crippen molar-refractivity contribution in [1.82, 2.24) is 5.32 Å². The predicted octanol–water partition coefficient (Wildman–Crippen LogP) is 23.9. The van der Waals surface area contributed by atoms with Crippen LogP contribution in [0.2, 0.25) is 0 Å². The quantitative estimate of drug-likeness (QED) is 0.0320. The number of aliphatic hydroxyl groups is 2. The second-order valence-electron chi connectivity index (χ2n) is 25.3. The second-order valence-corrected chi connectivity index (χ2v) is 25.3. The van der Waals surface area contributed by atoms with Crippen LogP contribution in [0.15, 0.2) is 36.5 Å². The van der Waals surface area contributed by atoms with Gasteiger partial charge in [-0.3, -0.25) is 9.59 Å². The van der Waals surface area contributed by atoms with Gasteiger partial charge in [0.1, 0.15) is 0 Å². The molecule has 0 aromatic carbocycles. The highest BCUT2D eigenvalue weighted by Crippen LogP contribution is 2.19. The molecule has 0 bridgehead atoms. The molecule has 0 aliphatic rings. The van der Waals surface area contributed by atoms with Crippen LogP contribution in [0.3, 0.4) is 0 Å². The van der Waals surface area contributed by atoms with Gasteiger partial charge in [0.15, 0.2) is 0 Å². The number of nitrogens with one attached hydrogen (secondary N) is 1. The molecule has 0 fully saturated rings. The summed E-state index contributed by atoms with van der Waals surface area (Å²) in [6.45, 7) is 4.91. The van der Waals surface area contributed by atoms with Crippen molar-refractivity contribution in [2.75, 3.05) is 13.2 Å². The summed E-state index contributed by atoms with van der Waals surface area (Å²) in [5.74, 6) is -0.0551. The number of rotatable bonds is 69. The number of hydrogen-bond acceptors (Lipinski definition) is 5. The van der Waals surface area contributed by atoms with Gasteiger partial charge in [0, 0.05) is 12.8 Å². The van der Waals surface area contributed by atoms with Crippen LogP contribution in [-0.4, -0.2) is 47.4 Å². The molecule has 0 aromatic heterocycles. The maximum atomic E-state index is 12.5. The molecule has 2 unspecified atom stereocenters. The van der Waals surface area contributed by atoms with Gasteiger partial charge >= 0.3 is 5.97 Å². The zero-order chi connectivity index (χ0) is 58.5. The van der Waals surface area contributed by atoms with E-state index in [1.54, 1.807) is 6.08 Å². The standard InChI is InChI=1S/C75H143NO5/c1-3-5-7-9-11-13-15-17-19-20-21-33-36-40-43-47-51-55-59-63-67-73(78)72(71-77)76-74(79)68-64-60-56-52-48-44-41-37-34-31-29-27-25-23-22-24-26-28-30-32-35-38-42-46-50-54-58-62-66-70-81-75(80)69-65-61-57-53-49-45-39-18-16-14-12-10-8-6-4-2/h12,14,18,39,63,67,72-73,77-78H,3-11,13,15-17,19-38,40-62,64-66,68-71H2,1-2H3,(H,76,79)/b14-12-,39-18-,67-63+. The van der Waals surface area contributed by atoms with Gasteiger partial charge < -0.3 is 20.3 Å². The molecular formula is C75H143NO5. The van der Waals surface area contributed by atoms with Crippen LogP contribution in [0.5, 0.6) is 0 Å². The van der Waals surface area contributed by atoms with E-state index in [1.165, 1.54) is 327 Å². The van der Waals surface area contributed by atoms with E-state index in [1.807, 2.05) is 6.08 Å². The van der Waals surface area contributed by atoms with Gasteiger partial charge in [-0.15, -0.1) is 0 Å². The summed E-state index contributed by atoms with van der Waals surface area (Å²) in [4.78, 5) is 24.6. The number of ether oxygens (including phenoxy) is 1. The molecule has 0 aromatic rings. The van der Waals surface area contributed by atoms with Crippen molar-refractivity contribution >= 4 is 11.9 Å². The number of carbonyl (C=O) groups excluding carboxylic acids is 2. The van der Waals surface area contributed by atoms with Crippen LogP contribution < -0.4 is 5.32 Å². The number of hydrogen-bond donors (Lipinski definition) is 3. The van der Waals surface area contributed by atoms with E-state index in [2.05, 4.69) is 43.5 Å². The molecule has 1 amide bonds. The lowest BCUT2D eigenvalue weighted by atomic mass is 10.0. The minimum Gasteiger partial charge on any atom is -0.466 e. The van der Waals surface area contributed by atoms with Crippen molar-refractivity contribution in [3.8, 4) is 0 Å². The third-order valence-electron chi connectivity index (χ3n) is 17.2. The molecule has 6 nitrogen and oxygen atoms in total. The summed E-state index contributed by atoms with van der Waals surface area (Å²) in [5, 5.41) is 23.3. The van der Waals surface area contributed by atoms with Crippen LogP contribution in [0, 0.1) is 0 Å². The molecule has 0 radical (unpaired) electrons. The Bertz CT molecular complexity index is 1310. The molecule has 3 N–H and O–H groups in total. The Hall–Kier alpha value is -1.92. The first-order valence-corrected chi connectivity index (χ1v) is 36.8. The average Bonchev–Trinajstić information content (AvgIpc) is 3.47. The smallest absolute Gasteiger partial charge is 0.305 e. The van der Waals surface area contributed by atoms with Gasteiger partial charge in [-0.1, -0.05) is 365 Å². The lowest BCUT2D eigenvalue weighted by Gasteiger charge is -2.20. The van der Waals surface area contributed by atoms with E-state index in [9.17, 15) is 19.8 Å². The molecule has 2 atom stereocenters. The average molecular weight is 1140 g/mol. The zero-order valence-corrected chi connectivity index (χ0v) is 54.8. The zero-order valence-electron chi connectivity index (χ0n) is 54.8. The number of carbonyl (C=O) groups is 2. The van der Waals surface area contributed by atoms with Gasteiger partial charge in [-0.05, 0) is 64.2 Å². The fourth-order valence-corrected chi connectivity index (χ4v) is 11.6. The second kappa shape index (κ2) is 70.6. The minimum absolute atomic E-state index is 0.00559. The third-order valence-corrected chi connectivity index (χ3v) is 17.2. The summed E-state index contributed by atoms with van der Waals surface area (Å²) in [6.07, 6.45) is 90.9. The first-order chi connectivity index (χ1) is 40.0. The highest BCUT2D eigenvalue weighted by molar-refractivity contribution is 5.76. The van der Waals surface area contributed by atoms with E-state index in [0.29, 0.717) is 19.4 Å². The van der Waals surface area contributed by atoms with Crippen molar-refractivity contribution in [3.63, 3.8) is 0 Å². The molecule has 0 heterocycles. The number of aliphatic hydroxyl groups excluding tert-OH is 2. The highest BCUT2D eigenvalue weighted by atomic mass is 16.5. The summed E-state index contributed by atoms with van der Waals surface area (Å²) < 4.78 is 5.49. The maximum absolute atomic E-state index is 12.5. The van der Waals surface area contributed by atoms with E-state index in [-0.39, 0.29) is 18.5 Å². The number of unbranched alkanes of at least 4 members (excludes halogenated alkanes) is 54. The maximum Gasteiger partial charge on any atom is 0.305 e. The van der Waals surface area contributed by atoms with Gasteiger partial charge in [-0.25, -0.2) is 0 Å². The summed E-state index contributed by atoms with van der Waals surface area (Å²) in [6, 6.07) is -0.626. The highest BCUT2D eigenvalue weighted by Gasteiger charge is 2.18.